The number of anilines is 6. The first kappa shape index (κ1) is 47.3. The van der Waals surface area contributed by atoms with Crippen LogP contribution in [0, 0.1) is 37.1 Å². The number of halogens is 5. The van der Waals surface area contributed by atoms with E-state index >= 15 is 4.39 Å². The third kappa shape index (κ3) is 9.99. The van der Waals surface area contributed by atoms with Crippen LogP contribution in [0.4, 0.5) is 52.1 Å². The van der Waals surface area contributed by atoms with Gasteiger partial charge in [0.05, 0.1) is 87.9 Å². The van der Waals surface area contributed by atoms with Crippen molar-refractivity contribution in [1.82, 2.24) is 24.9 Å². The topological polar surface area (TPSA) is 108 Å². The number of fused-ring (bicyclic) bond motifs is 2. The van der Waals surface area contributed by atoms with Crippen LogP contribution in [0.2, 0.25) is 5.02 Å². The number of benzene rings is 2. The van der Waals surface area contributed by atoms with Gasteiger partial charge in [-0.2, -0.15) is 0 Å². The molecule has 4 fully saturated rings. The first-order chi connectivity index (χ1) is 34.1. The van der Waals surface area contributed by atoms with E-state index in [9.17, 15) is 13.2 Å². The third-order valence-corrected chi connectivity index (χ3v) is 14.1. The molecule has 5 aromatic heterocycles. The predicted octanol–water partition coefficient (Wildman–Crippen LogP) is 11.2. The molecule has 9 heterocycles. The summed E-state index contributed by atoms with van der Waals surface area (Å²) in [5.74, 6) is -0.0947. The van der Waals surface area contributed by atoms with E-state index in [-0.39, 0.29) is 26.8 Å². The molecular formula is C53H55ClF4N10O2. The van der Waals surface area contributed by atoms with Crippen LogP contribution < -0.4 is 24.9 Å². The lowest BCUT2D eigenvalue weighted by atomic mass is 10.0. The van der Waals surface area contributed by atoms with E-state index in [1.54, 1.807) is 13.1 Å². The van der Waals surface area contributed by atoms with Gasteiger partial charge in [-0.3, -0.25) is 0 Å². The lowest BCUT2D eigenvalue weighted by Crippen LogP contribution is -2.38. The van der Waals surface area contributed by atoms with Gasteiger partial charge in [0.1, 0.15) is 34.9 Å². The normalized spacial score (nSPS) is 16.7. The molecule has 0 atom stereocenters. The van der Waals surface area contributed by atoms with Crippen molar-refractivity contribution in [2.75, 3.05) is 104 Å². The van der Waals surface area contributed by atoms with Crippen molar-refractivity contribution in [2.45, 2.75) is 52.4 Å². The molecule has 4 aliphatic heterocycles. The Kier molecular flexibility index (Phi) is 14.1. The van der Waals surface area contributed by atoms with E-state index in [1.165, 1.54) is 37.8 Å². The number of ether oxygens (including phenoxy) is 2. The summed E-state index contributed by atoms with van der Waals surface area (Å²) in [6.07, 6.45) is 12.6. The van der Waals surface area contributed by atoms with Crippen molar-refractivity contribution in [1.29, 1.82) is 0 Å². The number of nitrogens with one attached hydrogen (secondary N) is 1. The number of rotatable bonds is 8. The van der Waals surface area contributed by atoms with Crippen molar-refractivity contribution in [3.05, 3.63) is 113 Å². The van der Waals surface area contributed by atoms with Crippen LogP contribution in [0.15, 0.2) is 73.2 Å². The second-order valence-corrected chi connectivity index (χ2v) is 18.6. The Balaban J connectivity index is 0.000000185. The Labute approximate surface area is 409 Å². The average molecular weight is 976 g/mol. The molecule has 0 amide bonds. The Bertz CT molecular complexity index is 3000. The van der Waals surface area contributed by atoms with E-state index in [2.05, 4.69) is 41.0 Å². The van der Waals surface area contributed by atoms with Crippen LogP contribution in [0.3, 0.4) is 0 Å². The number of piperidine rings is 2. The molecule has 0 unspecified atom stereocenters. The van der Waals surface area contributed by atoms with Crippen LogP contribution in [0.5, 0.6) is 0 Å². The van der Waals surface area contributed by atoms with E-state index < -0.39 is 23.3 Å². The molecule has 4 saturated heterocycles. The number of nitrogens with zero attached hydrogens (tertiary/aromatic N) is 9. The van der Waals surface area contributed by atoms with Gasteiger partial charge < -0.3 is 34.4 Å². The molecule has 11 rings (SSSR count). The zero-order valence-electron chi connectivity index (χ0n) is 39.4. The fourth-order valence-corrected chi connectivity index (χ4v) is 10.1. The predicted molar refractivity (Wildman–Crippen MR) is 270 cm³/mol. The van der Waals surface area contributed by atoms with E-state index in [0.717, 1.165) is 110 Å². The SMILES string of the molecule is Cc1c(-c2ccc(N3CCCCC3)nc2)nc2cc(F)cc(F)c2c1Cl.Cc1c(-c2ccc(N3CCCCC3)nc2)nc2cc(F)cc(F)c2c1Nc1cc(N2CCOCC2)cnc1N1CCOCC1. The third-order valence-electron chi connectivity index (χ3n) is 13.6. The van der Waals surface area contributed by atoms with E-state index in [0.29, 0.717) is 62.2 Å². The van der Waals surface area contributed by atoms with Gasteiger partial charge in [0, 0.05) is 100 Å². The molecule has 0 saturated carbocycles. The highest BCUT2D eigenvalue weighted by Gasteiger charge is 2.25. The molecule has 0 spiro atoms. The molecule has 4 aliphatic rings. The monoisotopic (exact) mass is 974 g/mol. The summed E-state index contributed by atoms with van der Waals surface area (Å²) in [5.41, 5.74) is 6.80. The zero-order valence-corrected chi connectivity index (χ0v) is 40.1. The molecule has 2 aromatic carbocycles. The minimum atomic E-state index is -0.703. The highest BCUT2D eigenvalue weighted by Crippen LogP contribution is 2.41. The van der Waals surface area contributed by atoms with Crippen molar-refractivity contribution in [2.24, 2.45) is 0 Å². The van der Waals surface area contributed by atoms with Crippen LogP contribution >= 0.6 is 11.6 Å². The highest BCUT2D eigenvalue weighted by atomic mass is 35.5. The lowest BCUT2D eigenvalue weighted by molar-refractivity contribution is 0.122. The van der Waals surface area contributed by atoms with Gasteiger partial charge in [-0.15, -0.1) is 0 Å². The molecule has 0 aliphatic carbocycles. The summed E-state index contributed by atoms with van der Waals surface area (Å²) in [6, 6.07) is 14.2. The second kappa shape index (κ2) is 20.9. The van der Waals surface area contributed by atoms with Crippen molar-refractivity contribution in [3.63, 3.8) is 0 Å². The Morgan fingerprint density at radius 1 is 0.529 bits per heavy atom. The van der Waals surface area contributed by atoms with Gasteiger partial charge >= 0.3 is 0 Å². The molecule has 0 radical (unpaired) electrons. The Hall–Kier alpha value is -6.36. The number of hydrogen-bond acceptors (Lipinski definition) is 12. The van der Waals surface area contributed by atoms with Crippen LogP contribution in [0.25, 0.3) is 44.3 Å². The molecule has 1 N–H and O–H groups in total. The van der Waals surface area contributed by atoms with Crippen molar-refractivity contribution < 1.29 is 27.0 Å². The maximum absolute atomic E-state index is 15.6. The molecule has 364 valence electrons. The van der Waals surface area contributed by atoms with E-state index in [4.69, 9.17) is 36.0 Å². The Morgan fingerprint density at radius 2 is 1.03 bits per heavy atom. The Morgan fingerprint density at radius 3 is 1.56 bits per heavy atom. The van der Waals surface area contributed by atoms with E-state index in [1.807, 2.05) is 43.6 Å². The van der Waals surface area contributed by atoms with Crippen LogP contribution in [0.1, 0.15) is 49.7 Å². The summed E-state index contributed by atoms with van der Waals surface area (Å²) >= 11 is 6.36. The zero-order chi connectivity index (χ0) is 48.3. The summed E-state index contributed by atoms with van der Waals surface area (Å²) in [6.45, 7) is 13.1. The average Bonchev–Trinajstić information content (AvgIpc) is 3.39. The van der Waals surface area contributed by atoms with Gasteiger partial charge in [-0.25, -0.2) is 42.5 Å². The first-order valence-electron chi connectivity index (χ1n) is 24.2. The second-order valence-electron chi connectivity index (χ2n) is 18.2. The van der Waals surface area contributed by atoms with Gasteiger partial charge in [-0.05, 0) is 93.8 Å². The number of hydrogen-bond donors (Lipinski definition) is 1. The molecule has 0 bridgehead atoms. The minimum Gasteiger partial charge on any atom is -0.378 e. The quantitative estimate of drug-likeness (QED) is 0.147. The standard InChI is InChI=1S/C33H37F2N7O2.C20H18ClF2N3/c1-22-31(23-5-6-29(36-20-23)41-7-3-2-4-8-41)38-27-18-24(34)17-26(35)30(27)32(22)39-28-19-25(40-9-13-43-14-10-40)21-37-33(28)42-11-15-44-16-12-42;1-12-19(21)18-15(23)9-14(22)10-16(18)25-20(12)13-5-6-17(24-11-13)26-7-3-2-4-8-26/h5-6,17-21H,2-4,7-16H2,1H3,(H,38,39);5-6,9-11H,2-4,7-8H2,1H3. The van der Waals surface area contributed by atoms with Crippen LogP contribution in [-0.2, 0) is 9.47 Å². The molecule has 12 nitrogen and oxygen atoms in total. The van der Waals surface area contributed by atoms with Crippen molar-refractivity contribution >= 4 is 67.9 Å². The van der Waals surface area contributed by atoms with Crippen molar-refractivity contribution in [3.8, 4) is 22.5 Å². The molecule has 7 aromatic rings. The van der Waals surface area contributed by atoms with Gasteiger partial charge in [0.25, 0.3) is 0 Å². The fraction of sp³-hybridized carbons (Fsp3) is 0.377. The highest BCUT2D eigenvalue weighted by molar-refractivity contribution is 6.36. The number of morpholine rings is 2. The fourth-order valence-electron chi connectivity index (χ4n) is 9.85. The summed E-state index contributed by atoms with van der Waals surface area (Å²) in [4.78, 5) is 32.4. The molecule has 17 heteroatoms. The summed E-state index contributed by atoms with van der Waals surface area (Å²) in [7, 11) is 0. The maximum atomic E-state index is 15.6. The lowest BCUT2D eigenvalue weighted by Gasteiger charge is -2.32. The van der Waals surface area contributed by atoms with Gasteiger partial charge in [0.2, 0.25) is 0 Å². The number of pyridine rings is 5. The summed E-state index contributed by atoms with van der Waals surface area (Å²) < 4.78 is 69.0. The molecular weight excluding hydrogens is 920 g/mol. The largest absolute Gasteiger partial charge is 0.378 e. The van der Waals surface area contributed by atoms with Crippen LogP contribution in [-0.4, -0.2) is 104 Å². The summed E-state index contributed by atoms with van der Waals surface area (Å²) in [5, 5.41) is 4.19. The molecule has 70 heavy (non-hydrogen) atoms. The number of aromatic nitrogens is 5. The minimum absolute atomic E-state index is 0.146. The van der Waals surface area contributed by atoms with Gasteiger partial charge in [0.15, 0.2) is 5.82 Å². The smallest absolute Gasteiger partial charge is 0.152 e. The first-order valence-corrected chi connectivity index (χ1v) is 24.6. The maximum Gasteiger partial charge on any atom is 0.152 e. The van der Waals surface area contributed by atoms with Gasteiger partial charge in [-0.1, -0.05) is 11.6 Å².